The molecule has 0 saturated heterocycles. The van der Waals surface area contributed by atoms with Crippen LogP contribution in [0.3, 0.4) is 0 Å². The van der Waals surface area contributed by atoms with Crippen molar-refractivity contribution in [2.24, 2.45) is 5.73 Å². The summed E-state index contributed by atoms with van der Waals surface area (Å²) in [7, 11) is 0. The van der Waals surface area contributed by atoms with E-state index in [0.29, 0.717) is 4.34 Å². The molecule has 2 rings (SSSR count). The Bertz CT molecular complexity index is 562. The number of hydrogen-bond donors (Lipinski definition) is 1. The molecule has 0 aliphatic heterocycles. The SMILES string of the molecule is CC(N)C(c1ccc(Cl)s1)n1ccc(C(F)(F)F)n1. The van der Waals surface area contributed by atoms with E-state index in [0.717, 1.165) is 10.9 Å². The van der Waals surface area contributed by atoms with Gasteiger partial charge in [0, 0.05) is 17.1 Å². The van der Waals surface area contributed by atoms with Crippen LogP contribution in [0.2, 0.25) is 4.34 Å². The zero-order valence-electron chi connectivity index (χ0n) is 9.86. The normalized spacial score (nSPS) is 15.5. The molecule has 0 bridgehead atoms. The molecule has 0 amide bonds. The smallest absolute Gasteiger partial charge is 0.326 e. The predicted molar refractivity (Wildman–Crippen MR) is 68.3 cm³/mol. The molecular formula is C11H11ClF3N3S. The van der Waals surface area contributed by atoms with Crippen LogP contribution in [0.4, 0.5) is 13.2 Å². The summed E-state index contributed by atoms with van der Waals surface area (Å²) in [5.41, 5.74) is 4.92. The van der Waals surface area contributed by atoms with Crippen LogP contribution in [0.15, 0.2) is 24.4 Å². The third kappa shape index (κ3) is 3.10. The van der Waals surface area contributed by atoms with E-state index in [2.05, 4.69) is 5.10 Å². The van der Waals surface area contributed by atoms with Gasteiger partial charge in [-0.15, -0.1) is 11.3 Å². The molecule has 3 nitrogen and oxygen atoms in total. The first-order valence-electron chi connectivity index (χ1n) is 5.42. The van der Waals surface area contributed by atoms with Gasteiger partial charge in [-0.3, -0.25) is 4.68 Å². The lowest BCUT2D eigenvalue weighted by Crippen LogP contribution is -2.30. The molecule has 0 radical (unpaired) electrons. The summed E-state index contributed by atoms with van der Waals surface area (Å²) in [5.74, 6) is 0. The highest BCUT2D eigenvalue weighted by Gasteiger charge is 2.34. The number of nitrogens with zero attached hydrogens (tertiary/aromatic N) is 2. The summed E-state index contributed by atoms with van der Waals surface area (Å²) in [6.07, 6.45) is -3.18. The van der Waals surface area contributed by atoms with E-state index in [1.807, 2.05) is 0 Å². The molecule has 2 aromatic rings. The average molecular weight is 310 g/mol. The standard InChI is InChI=1S/C11H11ClF3N3S/c1-6(16)10(7-2-3-9(12)19-7)18-5-4-8(17-18)11(13,14)15/h2-6,10H,16H2,1H3. The topological polar surface area (TPSA) is 43.8 Å². The van der Waals surface area contributed by atoms with Crippen LogP contribution >= 0.6 is 22.9 Å². The van der Waals surface area contributed by atoms with Crippen molar-refractivity contribution >= 4 is 22.9 Å². The number of thiophene rings is 1. The first-order chi connectivity index (χ1) is 8.79. The van der Waals surface area contributed by atoms with Crippen molar-refractivity contribution in [2.45, 2.75) is 25.2 Å². The van der Waals surface area contributed by atoms with E-state index >= 15 is 0 Å². The molecule has 0 aliphatic rings. The van der Waals surface area contributed by atoms with Crippen LogP contribution in [0, 0.1) is 0 Å². The predicted octanol–water partition coefficient (Wildman–Crippen LogP) is 3.55. The minimum atomic E-state index is -4.46. The van der Waals surface area contributed by atoms with Crippen molar-refractivity contribution in [3.63, 3.8) is 0 Å². The third-order valence-electron chi connectivity index (χ3n) is 2.57. The Balaban J connectivity index is 2.38. The zero-order chi connectivity index (χ0) is 14.2. The summed E-state index contributed by atoms with van der Waals surface area (Å²) in [6.45, 7) is 1.72. The Morgan fingerprint density at radius 1 is 1.37 bits per heavy atom. The molecule has 2 atom stereocenters. The first kappa shape index (κ1) is 14.4. The molecule has 0 aromatic carbocycles. The van der Waals surface area contributed by atoms with Crippen molar-refractivity contribution in [1.29, 1.82) is 0 Å². The molecule has 2 unspecified atom stereocenters. The average Bonchev–Trinajstić information content (AvgIpc) is 2.87. The van der Waals surface area contributed by atoms with Crippen molar-refractivity contribution < 1.29 is 13.2 Å². The van der Waals surface area contributed by atoms with Gasteiger partial charge in [0.1, 0.15) is 6.04 Å². The highest BCUT2D eigenvalue weighted by Crippen LogP contribution is 2.32. The van der Waals surface area contributed by atoms with Crippen LogP contribution in [0.5, 0.6) is 0 Å². The maximum atomic E-state index is 12.5. The Kier molecular flexibility index (Phi) is 3.89. The van der Waals surface area contributed by atoms with Crippen LogP contribution in [0.25, 0.3) is 0 Å². The van der Waals surface area contributed by atoms with Gasteiger partial charge >= 0.3 is 6.18 Å². The van der Waals surface area contributed by atoms with Gasteiger partial charge in [-0.1, -0.05) is 11.6 Å². The van der Waals surface area contributed by atoms with Crippen LogP contribution in [0.1, 0.15) is 23.5 Å². The highest BCUT2D eigenvalue weighted by atomic mass is 35.5. The monoisotopic (exact) mass is 309 g/mol. The lowest BCUT2D eigenvalue weighted by molar-refractivity contribution is -0.141. The fourth-order valence-electron chi connectivity index (χ4n) is 1.76. The van der Waals surface area contributed by atoms with Gasteiger partial charge in [0.25, 0.3) is 0 Å². The van der Waals surface area contributed by atoms with E-state index in [9.17, 15) is 13.2 Å². The number of halogens is 4. The van der Waals surface area contributed by atoms with Gasteiger partial charge in [-0.2, -0.15) is 18.3 Å². The lowest BCUT2D eigenvalue weighted by atomic mass is 10.1. The molecule has 2 aromatic heterocycles. The molecule has 0 fully saturated rings. The maximum absolute atomic E-state index is 12.5. The molecule has 104 valence electrons. The molecule has 0 spiro atoms. The van der Waals surface area contributed by atoms with Crippen molar-refractivity contribution in [3.8, 4) is 0 Å². The minimum Gasteiger partial charge on any atom is -0.326 e. The van der Waals surface area contributed by atoms with Crippen molar-refractivity contribution in [1.82, 2.24) is 9.78 Å². The second-order valence-electron chi connectivity index (χ2n) is 4.12. The fourth-order valence-corrected chi connectivity index (χ4v) is 3.03. The number of nitrogens with two attached hydrogens (primary N) is 1. The Hall–Kier alpha value is -1.05. The van der Waals surface area contributed by atoms with E-state index in [-0.39, 0.29) is 0 Å². The van der Waals surface area contributed by atoms with Gasteiger partial charge in [0.05, 0.1) is 4.34 Å². The molecule has 19 heavy (non-hydrogen) atoms. The van der Waals surface area contributed by atoms with Crippen molar-refractivity contribution in [3.05, 3.63) is 39.3 Å². The summed E-state index contributed by atoms with van der Waals surface area (Å²) >= 11 is 7.12. The molecule has 0 aliphatic carbocycles. The summed E-state index contributed by atoms with van der Waals surface area (Å²) in [6, 6.07) is 3.51. The van der Waals surface area contributed by atoms with Gasteiger partial charge in [0.2, 0.25) is 0 Å². The second-order valence-corrected chi connectivity index (χ2v) is 5.87. The van der Waals surface area contributed by atoms with E-state index < -0.39 is 24.0 Å². The first-order valence-corrected chi connectivity index (χ1v) is 6.61. The summed E-state index contributed by atoms with van der Waals surface area (Å²) < 4.78 is 39.4. The van der Waals surface area contributed by atoms with Crippen molar-refractivity contribution in [2.75, 3.05) is 0 Å². The third-order valence-corrected chi connectivity index (χ3v) is 3.87. The highest BCUT2D eigenvalue weighted by molar-refractivity contribution is 7.16. The van der Waals surface area contributed by atoms with E-state index in [4.69, 9.17) is 17.3 Å². The van der Waals surface area contributed by atoms with Gasteiger partial charge < -0.3 is 5.73 Å². The van der Waals surface area contributed by atoms with Crippen LogP contribution in [-0.4, -0.2) is 15.8 Å². The molecule has 8 heteroatoms. The second kappa shape index (κ2) is 5.15. The molecule has 0 saturated carbocycles. The number of aromatic nitrogens is 2. The van der Waals surface area contributed by atoms with Crippen LogP contribution < -0.4 is 5.73 Å². The maximum Gasteiger partial charge on any atom is 0.435 e. The largest absolute Gasteiger partial charge is 0.435 e. The molecular weight excluding hydrogens is 299 g/mol. The van der Waals surface area contributed by atoms with Gasteiger partial charge in [-0.05, 0) is 25.1 Å². The van der Waals surface area contributed by atoms with Gasteiger partial charge in [0.15, 0.2) is 5.69 Å². The quantitative estimate of drug-likeness (QED) is 0.942. The van der Waals surface area contributed by atoms with Gasteiger partial charge in [-0.25, -0.2) is 0 Å². The Morgan fingerprint density at radius 3 is 2.47 bits per heavy atom. The number of rotatable bonds is 3. The zero-order valence-corrected chi connectivity index (χ0v) is 11.4. The molecule has 2 heterocycles. The lowest BCUT2D eigenvalue weighted by Gasteiger charge is -2.20. The Labute approximate surface area is 116 Å². The van der Waals surface area contributed by atoms with E-state index in [1.54, 1.807) is 19.1 Å². The van der Waals surface area contributed by atoms with E-state index in [1.165, 1.54) is 22.2 Å². The molecule has 2 N–H and O–H groups in total. The number of hydrogen-bond acceptors (Lipinski definition) is 3. The minimum absolute atomic E-state index is 0.393. The number of alkyl halides is 3. The fraction of sp³-hybridized carbons (Fsp3) is 0.364. The summed E-state index contributed by atoms with van der Waals surface area (Å²) in [5, 5.41) is 3.56. The van der Waals surface area contributed by atoms with Crippen LogP contribution in [-0.2, 0) is 6.18 Å². The summed E-state index contributed by atoms with van der Waals surface area (Å²) in [4.78, 5) is 0.775. The Morgan fingerprint density at radius 2 is 2.05 bits per heavy atom.